The fraction of sp³-hybridized carbons (Fsp3) is 0.444. The Morgan fingerprint density at radius 2 is 1.18 bits per heavy atom. The zero-order valence-electron chi connectivity index (χ0n) is 51.0. The minimum absolute atomic E-state index is 0.000471. The molecule has 4 rings (SSSR count). The summed E-state index contributed by atoms with van der Waals surface area (Å²) in [4.78, 5) is 108. The van der Waals surface area contributed by atoms with E-state index in [4.69, 9.17) is 16.5 Å². The number of carboxylic acid groups (broad SMARTS) is 2. The molecule has 4 aromatic rings. The van der Waals surface area contributed by atoms with Crippen molar-refractivity contribution in [2.24, 2.45) is 35.3 Å². The highest BCUT2D eigenvalue weighted by Crippen LogP contribution is 2.24. The number of aliphatic carboxylic acids is 1. The molecule has 424 valence electrons. The van der Waals surface area contributed by atoms with Gasteiger partial charge in [-0.25, -0.2) is 14.6 Å². The zero-order valence-corrected chi connectivity index (χ0v) is 46.8. The maximum Gasteiger partial charge on any atom is 0.408 e. The summed E-state index contributed by atoms with van der Waals surface area (Å²) in [5, 5.41) is 23.3. The number of primary amides is 1. The van der Waals surface area contributed by atoms with Gasteiger partial charge < -0.3 is 56.7 Å². The Hall–Kier alpha value is -7.92. The average Bonchev–Trinajstić information content (AvgIpc) is 3.84. The van der Waals surface area contributed by atoms with Crippen molar-refractivity contribution in [2.75, 3.05) is 42.0 Å². The smallest absolute Gasteiger partial charge is 0.408 e. The molecule has 0 fully saturated rings. The SMILES string of the molecule is [2H]CC(=O)OCc1sc(NC(=O)C(C)C)nc1C.[2H]NC(=O)OCc1ccc(NC(=O)C(C)C)cc1.[2H]OC(=O)Cc1ccccc1NC(=O)C(C)C.[2H]OC(=O)N(C)CN(C)C(=O)C(C)C.[2H]OCc1ccc(NC(=O)C(C)C)cc1. The summed E-state index contributed by atoms with van der Waals surface area (Å²) in [5.74, 6) is -2.01. The lowest BCUT2D eigenvalue weighted by atomic mass is 10.1. The molecule has 0 aliphatic heterocycles. The third-order valence-corrected chi connectivity index (χ3v) is 10.8. The van der Waals surface area contributed by atoms with E-state index in [1.54, 1.807) is 122 Å². The molecule has 7 amide bonds. The van der Waals surface area contributed by atoms with Crippen LogP contribution >= 0.6 is 11.3 Å². The summed E-state index contributed by atoms with van der Waals surface area (Å²) in [7, 11) is 3.05. The van der Waals surface area contributed by atoms with E-state index >= 15 is 0 Å². The minimum atomic E-state index is -0.799. The fourth-order valence-corrected chi connectivity index (χ4v) is 6.10. The first-order chi connectivity index (χ1) is 38.5. The molecule has 22 nitrogen and oxygen atoms in total. The zero-order chi connectivity index (χ0) is 62.6. The first kappa shape index (κ1) is 60.0. The molecule has 0 unspecified atom stereocenters. The van der Waals surface area contributed by atoms with Crippen molar-refractivity contribution in [1.29, 1.82) is 4.29 Å². The summed E-state index contributed by atoms with van der Waals surface area (Å²) in [6.07, 6.45) is -1.61. The van der Waals surface area contributed by atoms with Crippen LogP contribution < -0.4 is 27.0 Å². The number of aromatic nitrogens is 1. The van der Waals surface area contributed by atoms with E-state index in [1.165, 1.54) is 23.3 Å². The number of aryl methyl sites for hydroxylation is 1. The van der Waals surface area contributed by atoms with E-state index in [-0.39, 0.29) is 92.0 Å². The second-order valence-corrected chi connectivity index (χ2v) is 19.5. The molecule has 0 aliphatic carbocycles. The molecule has 0 saturated heterocycles. The van der Waals surface area contributed by atoms with Gasteiger partial charge in [-0.15, -0.1) is 0 Å². The third-order valence-electron chi connectivity index (χ3n) is 9.78. The lowest BCUT2D eigenvalue weighted by Crippen LogP contribution is -2.41. The highest BCUT2D eigenvalue weighted by atomic mass is 32.1. The van der Waals surface area contributed by atoms with Crippen LogP contribution in [0.5, 0.6) is 0 Å². The number of hydrogen-bond donors (Lipinski definition) is 8. The van der Waals surface area contributed by atoms with Gasteiger partial charge in [0.2, 0.25) is 31.0 Å². The summed E-state index contributed by atoms with van der Waals surface area (Å²) >= 11 is 1.28. The third kappa shape index (κ3) is 30.3. The second-order valence-electron chi connectivity index (χ2n) is 18.4. The van der Waals surface area contributed by atoms with E-state index in [2.05, 4.69) is 41.6 Å². The predicted molar refractivity (Wildman–Crippen MR) is 295 cm³/mol. The number of hydrogen-bond acceptors (Lipinski definition) is 16. The Morgan fingerprint density at radius 1 is 0.662 bits per heavy atom. The Balaban J connectivity index is 0.00000100. The maximum absolute atomic E-state index is 11.6. The molecular weight excluding hydrogens is 1020 g/mol. The molecule has 9 N–H and O–H groups in total. The van der Waals surface area contributed by atoms with Crippen LogP contribution in [0.4, 0.5) is 31.8 Å². The van der Waals surface area contributed by atoms with Crippen LogP contribution in [0.2, 0.25) is 1.41 Å². The van der Waals surface area contributed by atoms with Crippen LogP contribution in [-0.4, -0.2) is 106 Å². The Labute approximate surface area is 462 Å². The van der Waals surface area contributed by atoms with E-state index < -0.39 is 31.0 Å². The molecule has 0 aliphatic rings. The van der Waals surface area contributed by atoms with Gasteiger partial charge in [0.15, 0.2) is 6.54 Å². The largest absolute Gasteiger partial charge is 0.481 e. The Bertz CT molecular complexity index is 2650. The van der Waals surface area contributed by atoms with E-state index in [0.29, 0.717) is 22.1 Å². The highest BCUT2D eigenvalue weighted by molar-refractivity contribution is 7.15. The highest BCUT2D eigenvalue weighted by Gasteiger charge is 2.17. The van der Waals surface area contributed by atoms with Crippen molar-refractivity contribution in [3.05, 3.63) is 100 Å². The van der Waals surface area contributed by atoms with Crippen molar-refractivity contribution >= 4 is 87.2 Å². The van der Waals surface area contributed by atoms with Gasteiger partial charge in [-0.1, -0.05) is 123 Å². The van der Waals surface area contributed by atoms with Crippen molar-refractivity contribution < 1.29 is 70.7 Å². The van der Waals surface area contributed by atoms with Gasteiger partial charge in [-0.05, 0) is 53.9 Å². The lowest BCUT2D eigenvalue weighted by molar-refractivity contribution is -0.142. The number of carbonyl (C=O) groups excluding carboxylic acids is 7. The molecule has 3 aromatic carbocycles. The normalized spacial score (nSPS) is 10.9. The number of nitrogens with zero attached hydrogens (tertiary/aromatic N) is 3. The van der Waals surface area contributed by atoms with E-state index in [0.717, 1.165) is 32.3 Å². The summed E-state index contributed by atoms with van der Waals surface area (Å²) in [6.45, 7) is 20.0. The standard InChI is InChI=1S/C12H16N2O3.C12H15NO3.C11H16N2O3S.C11H15NO2.C8H16N2O3/c1-8(2)11(15)14-10-5-3-9(4-6-10)7-17-12(13)16;1-8(2)12(16)13-10-6-4-3-5-9(10)7-11(14)15;1-6(2)10(15)13-11-12-7(3)9(17-11)5-16-8(4)14;1-8(2)11(14)12-10-5-3-9(7-13)4-6-10;1-6(2)7(11)9(3)5-10(4)8(12)13/h3-6,8H,7H2,1-2H3,(H2,13,16)(H,14,15);3-6,8H,7H2,1-2H3,(H,13,16)(H,14,15);6H,5H2,1-4H3,(H,12,13,15);3-6,8,13H,7H2,1-2H3,(H,12,14);6H,5H2,1-4H3,(H,12,13)/i;;4D;13D;/hD3. The van der Waals surface area contributed by atoms with Gasteiger partial charge in [-0.3, -0.25) is 38.5 Å². The Kier molecular flexibility index (Phi) is 28.1. The number of benzene rings is 3. The number of para-hydroxylation sites is 1. The summed E-state index contributed by atoms with van der Waals surface area (Å²) in [5.41, 5.74) is 6.71. The monoisotopic (exact) mass is 1100 g/mol. The number of ether oxygens (including phenoxy) is 2. The number of nitrogens with one attached hydrogen (secondary N) is 4. The van der Waals surface area contributed by atoms with Crippen LogP contribution in [0.3, 0.4) is 0 Å². The van der Waals surface area contributed by atoms with Gasteiger partial charge in [0.25, 0.3) is 2.86 Å². The van der Waals surface area contributed by atoms with Gasteiger partial charge in [0.1, 0.15) is 13.2 Å². The van der Waals surface area contributed by atoms with Crippen molar-refractivity contribution in [2.45, 2.75) is 109 Å². The maximum atomic E-state index is 11.6. The number of anilines is 4. The predicted octanol–water partition coefficient (Wildman–Crippen LogP) is 8.34. The Morgan fingerprint density at radius 3 is 1.66 bits per heavy atom. The number of aliphatic hydroxyl groups excluding tert-OH is 1. The van der Waals surface area contributed by atoms with Crippen LogP contribution in [0.1, 0.15) is 105 Å². The van der Waals surface area contributed by atoms with Crippen LogP contribution in [0.25, 0.3) is 2.86 Å². The molecule has 77 heavy (non-hydrogen) atoms. The second kappa shape index (κ2) is 36.1. The van der Waals surface area contributed by atoms with Gasteiger partial charge in [0.05, 0.1) is 30.3 Å². The molecule has 1 heterocycles. The minimum Gasteiger partial charge on any atom is -0.481 e. The van der Waals surface area contributed by atoms with Gasteiger partial charge >= 0.3 is 24.1 Å². The summed E-state index contributed by atoms with van der Waals surface area (Å²) in [6, 6.07) is 21.2. The molecule has 0 radical (unpaired) electrons. The van der Waals surface area contributed by atoms with Crippen LogP contribution in [0.15, 0.2) is 72.8 Å². The van der Waals surface area contributed by atoms with Crippen molar-refractivity contribution in [3.8, 4) is 0 Å². The first-order valence-corrected chi connectivity index (χ1v) is 25.0. The number of carboxylic acids is 1. The van der Waals surface area contributed by atoms with Crippen LogP contribution in [-0.2, 0) is 69.3 Å². The molecular formula is C54H78N8O14S. The number of esters is 1. The average molecular weight is 1100 g/mol. The number of carbonyl (C=O) groups is 9. The molecule has 0 bridgehead atoms. The lowest BCUT2D eigenvalue weighted by Gasteiger charge is -2.23. The number of amides is 7. The number of rotatable bonds is 19. The number of thiazole rings is 1. The van der Waals surface area contributed by atoms with Crippen molar-refractivity contribution in [1.82, 2.24) is 14.8 Å². The van der Waals surface area contributed by atoms with Crippen LogP contribution in [0, 0.1) is 36.5 Å². The number of aliphatic hydroxyl groups is 1. The van der Waals surface area contributed by atoms with Gasteiger partial charge in [0, 0.05) is 69.0 Å². The molecule has 0 spiro atoms. The summed E-state index contributed by atoms with van der Waals surface area (Å²) < 4.78 is 42.4. The van der Waals surface area contributed by atoms with Crippen molar-refractivity contribution in [3.63, 3.8) is 0 Å². The first-order valence-electron chi connectivity index (χ1n) is 26.6. The van der Waals surface area contributed by atoms with Gasteiger partial charge in [-0.2, -0.15) is 0 Å². The number of nitrogens with two attached hydrogens (primary N) is 1. The molecule has 0 atom stereocenters. The molecule has 0 saturated carbocycles. The molecule has 23 heteroatoms. The quantitative estimate of drug-likeness (QED) is 0.0323. The topological polar surface area (TPSA) is 326 Å². The fourth-order valence-electron chi connectivity index (χ4n) is 5.22. The van der Waals surface area contributed by atoms with E-state index in [9.17, 15) is 43.2 Å². The molecule has 1 aromatic heterocycles. The van der Waals surface area contributed by atoms with E-state index in [1.807, 2.05) is 39.8 Å².